The van der Waals surface area contributed by atoms with Gasteiger partial charge in [-0.05, 0) is 24.6 Å². The lowest BCUT2D eigenvalue weighted by Gasteiger charge is -2.27. The van der Waals surface area contributed by atoms with Gasteiger partial charge >= 0.3 is 0 Å². The summed E-state index contributed by atoms with van der Waals surface area (Å²) in [6.07, 6.45) is 0.393. The van der Waals surface area contributed by atoms with E-state index in [0.29, 0.717) is 24.5 Å². The van der Waals surface area contributed by atoms with Crippen molar-refractivity contribution in [2.45, 2.75) is 26.4 Å². The summed E-state index contributed by atoms with van der Waals surface area (Å²) >= 11 is 5.84. The maximum atomic E-state index is 12.3. The van der Waals surface area contributed by atoms with Crippen molar-refractivity contribution in [2.75, 3.05) is 6.54 Å². The smallest absolute Gasteiger partial charge is 0.227 e. The van der Waals surface area contributed by atoms with E-state index in [4.69, 9.17) is 11.6 Å². The topological polar surface area (TPSA) is 51.0 Å². The average molecular weight is 291 g/mol. The number of fused-ring (bicyclic) bond motifs is 1. The fourth-order valence-corrected chi connectivity index (χ4v) is 2.53. The molecule has 0 radical (unpaired) electrons. The van der Waals surface area contributed by atoms with E-state index in [1.165, 1.54) is 0 Å². The van der Waals surface area contributed by atoms with Gasteiger partial charge in [-0.1, -0.05) is 23.7 Å². The number of aromatic nitrogens is 3. The summed E-state index contributed by atoms with van der Waals surface area (Å²) in [5.41, 5.74) is 0.975. The highest BCUT2D eigenvalue weighted by atomic mass is 35.5. The third-order valence-corrected chi connectivity index (χ3v) is 3.81. The zero-order valence-electron chi connectivity index (χ0n) is 11.2. The molecule has 104 valence electrons. The van der Waals surface area contributed by atoms with Gasteiger partial charge in [-0.2, -0.15) is 0 Å². The summed E-state index contributed by atoms with van der Waals surface area (Å²) in [6.45, 7) is 3.94. The van der Waals surface area contributed by atoms with E-state index in [-0.39, 0.29) is 5.91 Å². The Morgan fingerprint density at radius 2 is 2.00 bits per heavy atom. The highest BCUT2D eigenvalue weighted by molar-refractivity contribution is 6.30. The van der Waals surface area contributed by atoms with Crippen molar-refractivity contribution in [3.8, 4) is 0 Å². The van der Waals surface area contributed by atoms with Crippen molar-refractivity contribution in [1.29, 1.82) is 0 Å². The number of rotatable bonds is 2. The number of aryl methyl sites for hydroxylation is 1. The van der Waals surface area contributed by atoms with Gasteiger partial charge in [0.2, 0.25) is 5.91 Å². The second-order valence-corrected chi connectivity index (χ2v) is 5.37. The second-order valence-electron chi connectivity index (χ2n) is 4.93. The second kappa shape index (κ2) is 5.25. The van der Waals surface area contributed by atoms with Crippen molar-refractivity contribution in [1.82, 2.24) is 19.7 Å². The van der Waals surface area contributed by atoms with E-state index in [1.807, 2.05) is 24.0 Å². The fourth-order valence-electron chi connectivity index (χ4n) is 2.40. The minimum atomic E-state index is 0.110. The van der Waals surface area contributed by atoms with Crippen molar-refractivity contribution >= 4 is 17.5 Å². The standard InChI is InChI=1S/C14H15ClN4O/c1-10-16-17-13-9-18(6-7-19(10)13)14(20)8-11-2-4-12(15)5-3-11/h2-5H,6-9H2,1H3. The van der Waals surface area contributed by atoms with Crippen molar-refractivity contribution in [3.05, 3.63) is 46.5 Å². The molecule has 0 atom stereocenters. The first-order chi connectivity index (χ1) is 9.63. The van der Waals surface area contributed by atoms with Crippen LogP contribution in [0.15, 0.2) is 24.3 Å². The average Bonchev–Trinajstić information content (AvgIpc) is 2.82. The number of halogens is 1. The highest BCUT2D eigenvalue weighted by Gasteiger charge is 2.23. The normalized spacial score (nSPS) is 14.2. The molecule has 0 saturated carbocycles. The van der Waals surface area contributed by atoms with Crippen molar-refractivity contribution < 1.29 is 4.79 Å². The molecular weight excluding hydrogens is 276 g/mol. The first-order valence-corrected chi connectivity index (χ1v) is 6.92. The molecule has 0 bridgehead atoms. The van der Waals surface area contributed by atoms with Gasteiger partial charge in [0, 0.05) is 18.1 Å². The molecule has 0 N–H and O–H groups in total. The van der Waals surface area contributed by atoms with Crippen LogP contribution >= 0.6 is 11.6 Å². The molecule has 0 unspecified atom stereocenters. The third kappa shape index (κ3) is 2.54. The van der Waals surface area contributed by atoms with Gasteiger partial charge in [0.1, 0.15) is 5.82 Å². The van der Waals surface area contributed by atoms with Gasteiger partial charge in [-0.25, -0.2) is 0 Å². The molecule has 1 amide bonds. The summed E-state index contributed by atoms with van der Waals surface area (Å²) < 4.78 is 2.06. The number of carbonyl (C=O) groups excluding carboxylic acids is 1. The molecule has 2 heterocycles. The maximum Gasteiger partial charge on any atom is 0.227 e. The largest absolute Gasteiger partial charge is 0.333 e. The number of hydrogen-bond acceptors (Lipinski definition) is 3. The predicted octanol–water partition coefficient (Wildman–Crippen LogP) is 1.82. The quantitative estimate of drug-likeness (QED) is 0.848. The lowest BCUT2D eigenvalue weighted by Crippen LogP contribution is -2.39. The van der Waals surface area contributed by atoms with Crippen LogP contribution < -0.4 is 0 Å². The molecule has 0 saturated heterocycles. The molecule has 3 rings (SSSR count). The summed E-state index contributed by atoms with van der Waals surface area (Å²) in [5.74, 6) is 1.88. The van der Waals surface area contributed by atoms with Crippen LogP contribution in [0, 0.1) is 6.92 Å². The van der Waals surface area contributed by atoms with Crippen molar-refractivity contribution in [3.63, 3.8) is 0 Å². The monoisotopic (exact) mass is 290 g/mol. The number of nitrogens with zero attached hydrogens (tertiary/aromatic N) is 4. The summed E-state index contributed by atoms with van der Waals surface area (Å²) in [4.78, 5) is 14.1. The van der Waals surface area contributed by atoms with Gasteiger partial charge in [-0.15, -0.1) is 10.2 Å². The van der Waals surface area contributed by atoms with E-state index < -0.39 is 0 Å². The maximum absolute atomic E-state index is 12.3. The fraction of sp³-hybridized carbons (Fsp3) is 0.357. The third-order valence-electron chi connectivity index (χ3n) is 3.56. The number of benzene rings is 1. The SMILES string of the molecule is Cc1nnc2n1CCN(C(=O)Cc1ccc(Cl)cc1)C2. The van der Waals surface area contributed by atoms with Gasteiger partial charge in [0.05, 0.1) is 13.0 Å². The Hall–Kier alpha value is -1.88. The molecule has 0 aliphatic carbocycles. The molecule has 0 fully saturated rings. The van der Waals surface area contributed by atoms with Gasteiger partial charge in [0.15, 0.2) is 5.82 Å². The molecule has 20 heavy (non-hydrogen) atoms. The van der Waals surface area contributed by atoms with E-state index in [0.717, 1.165) is 23.8 Å². The minimum Gasteiger partial charge on any atom is -0.333 e. The number of hydrogen-bond donors (Lipinski definition) is 0. The van der Waals surface area contributed by atoms with Crippen LogP contribution in [0.5, 0.6) is 0 Å². The summed E-state index contributed by atoms with van der Waals surface area (Å²) in [5, 5.41) is 8.84. The van der Waals surface area contributed by atoms with E-state index in [9.17, 15) is 4.79 Å². The summed E-state index contributed by atoms with van der Waals surface area (Å²) in [6, 6.07) is 7.38. The number of amides is 1. The van der Waals surface area contributed by atoms with Crippen LogP contribution in [0.4, 0.5) is 0 Å². The predicted molar refractivity (Wildman–Crippen MR) is 75.3 cm³/mol. The van der Waals surface area contributed by atoms with Crippen LogP contribution in [0.1, 0.15) is 17.2 Å². The van der Waals surface area contributed by atoms with Gasteiger partial charge in [0.25, 0.3) is 0 Å². The molecule has 0 spiro atoms. The minimum absolute atomic E-state index is 0.110. The highest BCUT2D eigenvalue weighted by Crippen LogP contribution is 2.15. The van der Waals surface area contributed by atoms with Crippen LogP contribution in [-0.4, -0.2) is 32.1 Å². The molecular formula is C14H15ClN4O. The molecule has 1 aliphatic heterocycles. The number of carbonyl (C=O) groups is 1. The van der Waals surface area contributed by atoms with Crippen LogP contribution in [0.3, 0.4) is 0 Å². The van der Waals surface area contributed by atoms with Crippen LogP contribution in [-0.2, 0) is 24.3 Å². The van der Waals surface area contributed by atoms with Crippen molar-refractivity contribution in [2.24, 2.45) is 0 Å². The summed E-state index contributed by atoms with van der Waals surface area (Å²) in [7, 11) is 0. The molecule has 1 aromatic heterocycles. The lowest BCUT2D eigenvalue weighted by atomic mass is 10.1. The Balaban J connectivity index is 1.68. The molecule has 1 aliphatic rings. The first-order valence-electron chi connectivity index (χ1n) is 6.54. The van der Waals surface area contributed by atoms with E-state index in [2.05, 4.69) is 14.8 Å². The zero-order chi connectivity index (χ0) is 14.1. The zero-order valence-corrected chi connectivity index (χ0v) is 12.0. The van der Waals surface area contributed by atoms with Crippen LogP contribution in [0.25, 0.3) is 0 Å². The lowest BCUT2D eigenvalue weighted by molar-refractivity contribution is -0.132. The van der Waals surface area contributed by atoms with Crippen LogP contribution in [0.2, 0.25) is 5.02 Å². The van der Waals surface area contributed by atoms with Gasteiger partial charge < -0.3 is 9.47 Å². The Kier molecular flexibility index (Phi) is 3.44. The van der Waals surface area contributed by atoms with Gasteiger partial charge in [-0.3, -0.25) is 4.79 Å². The molecule has 2 aromatic rings. The van der Waals surface area contributed by atoms with E-state index >= 15 is 0 Å². The molecule has 6 heteroatoms. The Bertz CT molecular complexity index is 635. The molecule has 1 aromatic carbocycles. The Morgan fingerprint density at radius 3 is 2.75 bits per heavy atom. The Morgan fingerprint density at radius 1 is 1.25 bits per heavy atom. The van der Waals surface area contributed by atoms with E-state index in [1.54, 1.807) is 12.1 Å². The molecule has 5 nitrogen and oxygen atoms in total. The Labute approximate surface area is 122 Å². The first kappa shape index (κ1) is 13.1.